The largest absolute Gasteiger partial charge is 0.393 e. The lowest BCUT2D eigenvalue weighted by Crippen LogP contribution is -2.13. The molecule has 96 valence electrons. The zero-order chi connectivity index (χ0) is 12.3. The molecule has 0 amide bonds. The average molecular weight is 240 g/mol. The molecule has 17 heavy (non-hydrogen) atoms. The summed E-state index contributed by atoms with van der Waals surface area (Å²) >= 11 is 0. The first-order valence-electron chi connectivity index (χ1n) is 6.23. The van der Waals surface area contributed by atoms with E-state index in [1.165, 1.54) is 0 Å². The molecule has 2 rings (SSSR count). The highest BCUT2D eigenvalue weighted by molar-refractivity contribution is 4.98. The highest BCUT2D eigenvalue weighted by Crippen LogP contribution is 2.22. The van der Waals surface area contributed by atoms with E-state index in [-0.39, 0.29) is 5.92 Å². The fourth-order valence-corrected chi connectivity index (χ4v) is 2.08. The molecule has 2 heterocycles. The molecule has 2 unspecified atom stereocenters. The Morgan fingerprint density at radius 1 is 1.47 bits per heavy atom. The number of aliphatic hydroxyl groups is 1. The topological polar surface area (TPSA) is 68.4 Å². The molecule has 2 atom stereocenters. The monoisotopic (exact) mass is 240 g/mol. The van der Waals surface area contributed by atoms with Crippen LogP contribution in [0.1, 0.15) is 44.3 Å². The Balaban J connectivity index is 1.89. The van der Waals surface area contributed by atoms with Gasteiger partial charge >= 0.3 is 0 Å². The Bertz CT molecular complexity index is 345. The maximum Gasteiger partial charge on any atom is 0.229 e. The summed E-state index contributed by atoms with van der Waals surface area (Å²) in [6.07, 6.45) is 1.75. The Morgan fingerprint density at radius 2 is 2.29 bits per heavy atom. The van der Waals surface area contributed by atoms with Gasteiger partial charge < -0.3 is 14.4 Å². The molecule has 1 aromatic rings. The molecule has 0 spiro atoms. The van der Waals surface area contributed by atoms with Crippen molar-refractivity contribution in [2.24, 2.45) is 5.92 Å². The predicted molar refractivity (Wildman–Crippen MR) is 61.6 cm³/mol. The van der Waals surface area contributed by atoms with Crippen LogP contribution in [0.25, 0.3) is 0 Å². The third-order valence-electron chi connectivity index (χ3n) is 2.93. The summed E-state index contributed by atoms with van der Waals surface area (Å²) in [5.41, 5.74) is 0. The normalized spacial score (nSPS) is 22.2. The van der Waals surface area contributed by atoms with Crippen molar-refractivity contribution in [1.29, 1.82) is 0 Å². The lowest BCUT2D eigenvalue weighted by atomic mass is 10.0. The molecule has 1 fully saturated rings. The van der Waals surface area contributed by atoms with Crippen molar-refractivity contribution in [2.75, 3.05) is 13.2 Å². The molecule has 1 aliphatic heterocycles. The van der Waals surface area contributed by atoms with E-state index in [1.54, 1.807) is 0 Å². The van der Waals surface area contributed by atoms with Gasteiger partial charge in [-0.25, -0.2) is 0 Å². The van der Waals surface area contributed by atoms with Crippen LogP contribution in [0.4, 0.5) is 0 Å². The third-order valence-corrected chi connectivity index (χ3v) is 2.93. The predicted octanol–water partition coefficient (Wildman–Crippen LogP) is 1.52. The quantitative estimate of drug-likeness (QED) is 0.845. The molecule has 0 bridgehead atoms. The highest BCUT2D eigenvalue weighted by Gasteiger charge is 2.23. The second-order valence-corrected chi connectivity index (χ2v) is 5.09. The van der Waals surface area contributed by atoms with Crippen LogP contribution in [0.3, 0.4) is 0 Å². The van der Waals surface area contributed by atoms with E-state index in [1.807, 2.05) is 0 Å². The van der Waals surface area contributed by atoms with Gasteiger partial charge in [-0.15, -0.1) is 0 Å². The van der Waals surface area contributed by atoms with Gasteiger partial charge in [0.1, 0.15) is 0 Å². The van der Waals surface area contributed by atoms with Crippen LogP contribution in [-0.4, -0.2) is 34.6 Å². The molecule has 5 heteroatoms. The van der Waals surface area contributed by atoms with Gasteiger partial charge in [0.15, 0.2) is 5.82 Å². The molecule has 1 aromatic heterocycles. The van der Waals surface area contributed by atoms with Gasteiger partial charge in [-0.05, 0) is 18.8 Å². The second kappa shape index (κ2) is 5.60. The minimum atomic E-state index is -0.400. The number of ether oxygens (including phenoxy) is 1. The van der Waals surface area contributed by atoms with Crippen molar-refractivity contribution >= 4 is 0 Å². The van der Waals surface area contributed by atoms with Gasteiger partial charge in [-0.1, -0.05) is 19.0 Å². The standard InChI is InChI=1S/C12H20N2O3/c1-8(2)5-10(15)6-11-13-12(14-17-11)9-3-4-16-7-9/h8-10,15H,3-7H2,1-2H3. The summed E-state index contributed by atoms with van der Waals surface area (Å²) in [6, 6.07) is 0. The minimum Gasteiger partial charge on any atom is -0.393 e. The van der Waals surface area contributed by atoms with Crippen molar-refractivity contribution in [3.05, 3.63) is 11.7 Å². The molecular weight excluding hydrogens is 220 g/mol. The van der Waals surface area contributed by atoms with Gasteiger partial charge in [-0.3, -0.25) is 0 Å². The number of hydrogen-bond acceptors (Lipinski definition) is 5. The average Bonchev–Trinajstić information content (AvgIpc) is 2.84. The summed E-state index contributed by atoms with van der Waals surface area (Å²) in [6.45, 7) is 5.61. The van der Waals surface area contributed by atoms with Crippen molar-refractivity contribution in [3.8, 4) is 0 Å². The Kier molecular flexibility index (Phi) is 4.12. The number of hydrogen-bond donors (Lipinski definition) is 1. The molecular formula is C12H20N2O3. The van der Waals surface area contributed by atoms with Gasteiger partial charge in [0, 0.05) is 12.5 Å². The van der Waals surface area contributed by atoms with Crippen molar-refractivity contribution in [3.63, 3.8) is 0 Å². The SMILES string of the molecule is CC(C)CC(O)Cc1nc(C2CCOC2)no1. The third kappa shape index (κ3) is 3.51. The maximum absolute atomic E-state index is 9.80. The van der Waals surface area contributed by atoms with Crippen LogP contribution in [0, 0.1) is 5.92 Å². The lowest BCUT2D eigenvalue weighted by Gasteiger charge is -2.09. The van der Waals surface area contributed by atoms with Crippen LogP contribution in [0.2, 0.25) is 0 Å². The fourth-order valence-electron chi connectivity index (χ4n) is 2.08. The second-order valence-electron chi connectivity index (χ2n) is 5.09. The highest BCUT2D eigenvalue weighted by atomic mass is 16.5. The van der Waals surface area contributed by atoms with E-state index < -0.39 is 6.10 Å². The summed E-state index contributed by atoms with van der Waals surface area (Å²) < 4.78 is 10.4. The molecule has 0 radical (unpaired) electrons. The van der Waals surface area contributed by atoms with E-state index >= 15 is 0 Å². The number of aromatic nitrogens is 2. The fraction of sp³-hybridized carbons (Fsp3) is 0.833. The number of aliphatic hydroxyl groups excluding tert-OH is 1. The first-order valence-corrected chi connectivity index (χ1v) is 6.23. The molecule has 0 aliphatic carbocycles. The van der Waals surface area contributed by atoms with Crippen LogP contribution < -0.4 is 0 Å². The van der Waals surface area contributed by atoms with Crippen LogP contribution in [-0.2, 0) is 11.2 Å². The zero-order valence-corrected chi connectivity index (χ0v) is 10.4. The molecule has 0 aromatic carbocycles. The Hall–Kier alpha value is -0.940. The van der Waals surface area contributed by atoms with Crippen molar-refractivity contribution in [2.45, 2.75) is 45.1 Å². The smallest absolute Gasteiger partial charge is 0.229 e. The summed E-state index contributed by atoms with van der Waals surface area (Å²) in [5.74, 6) is 1.97. The first-order chi connectivity index (χ1) is 8.15. The molecule has 1 N–H and O–H groups in total. The van der Waals surface area contributed by atoms with Gasteiger partial charge in [0.25, 0.3) is 0 Å². The van der Waals surface area contributed by atoms with E-state index in [0.717, 1.165) is 19.4 Å². The summed E-state index contributed by atoms with van der Waals surface area (Å²) in [5, 5.41) is 13.7. The number of rotatable bonds is 5. The van der Waals surface area contributed by atoms with Gasteiger partial charge in [0.05, 0.1) is 19.1 Å². The molecule has 0 saturated carbocycles. The zero-order valence-electron chi connectivity index (χ0n) is 10.4. The summed E-state index contributed by atoms with van der Waals surface area (Å²) in [4.78, 5) is 4.32. The molecule has 5 nitrogen and oxygen atoms in total. The van der Waals surface area contributed by atoms with Crippen molar-refractivity contribution in [1.82, 2.24) is 10.1 Å². The summed E-state index contributed by atoms with van der Waals surface area (Å²) in [7, 11) is 0. The number of nitrogens with zero attached hydrogens (tertiary/aromatic N) is 2. The Labute approximate surface area is 101 Å². The van der Waals surface area contributed by atoms with E-state index in [9.17, 15) is 5.11 Å². The van der Waals surface area contributed by atoms with Crippen LogP contribution in [0.15, 0.2) is 4.52 Å². The Morgan fingerprint density at radius 3 is 2.94 bits per heavy atom. The van der Waals surface area contributed by atoms with Gasteiger partial charge in [0.2, 0.25) is 5.89 Å². The van der Waals surface area contributed by atoms with E-state index in [0.29, 0.717) is 30.7 Å². The van der Waals surface area contributed by atoms with E-state index in [4.69, 9.17) is 9.26 Å². The lowest BCUT2D eigenvalue weighted by molar-refractivity contribution is 0.138. The molecule has 1 aliphatic rings. The molecule has 1 saturated heterocycles. The van der Waals surface area contributed by atoms with Crippen LogP contribution in [0.5, 0.6) is 0 Å². The van der Waals surface area contributed by atoms with Crippen molar-refractivity contribution < 1.29 is 14.4 Å². The maximum atomic E-state index is 9.80. The van der Waals surface area contributed by atoms with E-state index in [2.05, 4.69) is 24.0 Å². The van der Waals surface area contributed by atoms with Crippen LogP contribution >= 0.6 is 0 Å². The first kappa shape index (κ1) is 12.5. The minimum absolute atomic E-state index is 0.259. The van der Waals surface area contributed by atoms with Gasteiger partial charge in [-0.2, -0.15) is 4.98 Å².